The van der Waals surface area contributed by atoms with Crippen molar-refractivity contribution in [3.05, 3.63) is 52.1 Å². The molecule has 1 heterocycles. The van der Waals surface area contributed by atoms with Gasteiger partial charge in [0.2, 0.25) is 11.6 Å². The van der Waals surface area contributed by atoms with Gasteiger partial charge in [0.15, 0.2) is 0 Å². The summed E-state index contributed by atoms with van der Waals surface area (Å²) in [7, 11) is 0. The Labute approximate surface area is 139 Å². The van der Waals surface area contributed by atoms with Crippen LogP contribution in [0.2, 0.25) is 0 Å². The van der Waals surface area contributed by atoms with Crippen LogP contribution in [0.15, 0.2) is 30.6 Å². The molecule has 128 valence electrons. The topological polar surface area (TPSA) is 93.0 Å². The molecule has 24 heavy (non-hydrogen) atoms. The van der Waals surface area contributed by atoms with Gasteiger partial charge in [-0.1, -0.05) is 26.0 Å². The number of nitrogens with zero attached hydrogens (tertiary/aromatic N) is 3. The third kappa shape index (κ3) is 4.87. The van der Waals surface area contributed by atoms with Gasteiger partial charge >= 0.3 is 5.69 Å². The zero-order valence-electron chi connectivity index (χ0n) is 13.6. The van der Waals surface area contributed by atoms with Gasteiger partial charge < -0.3 is 10.6 Å². The number of halogens is 1. The summed E-state index contributed by atoms with van der Waals surface area (Å²) in [4.78, 5) is 18.8. The van der Waals surface area contributed by atoms with E-state index in [1.54, 1.807) is 12.1 Å². The Hall–Kier alpha value is -2.77. The SMILES string of the molecule is CC(C)CCNc1ncnc(NCc2ccc(F)cc2)c1[N+](=O)[O-]. The summed E-state index contributed by atoms with van der Waals surface area (Å²) in [5.74, 6) is 0.474. The quantitative estimate of drug-likeness (QED) is 0.566. The molecule has 8 heteroatoms. The van der Waals surface area contributed by atoms with Crippen molar-refractivity contribution in [3.63, 3.8) is 0 Å². The lowest BCUT2D eigenvalue weighted by atomic mass is 10.1. The molecular formula is C16H20FN5O2. The Balaban J connectivity index is 2.13. The standard InChI is InChI=1S/C16H20FN5O2/c1-11(2)7-8-18-15-14(22(23)24)16(21-10-20-15)19-9-12-3-5-13(17)6-4-12/h3-6,10-11H,7-9H2,1-2H3,(H2,18,19,20,21). The molecule has 0 fully saturated rings. The van der Waals surface area contributed by atoms with E-state index in [1.165, 1.54) is 18.5 Å². The van der Waals surface area contributed by atoms with Crippen LogP contribution in [-0.2, 0) is 6.54 Å². The van der Waals surface area contributed by atoms with Crippen molar-refractivity contribution < 1.29 is 9.31 Å². The van der Waals surface area contributed by atoms with Crippen LogP contribution in [0.5, 0.6) is 0 Å². The largest absolute Gasteiger partial charge is 0.364 e. The van der Waals surface area contributed by atoms with Crippen LogP contribution in [0, 0.1) is 21.8 Å². The van der Waals surface area contributed by atoms with Gasteiger partial charge in [-0.15, -0.1) is 0 Å². The molecule has 0 aliphatic heterocycles. The van der Waals surface area contributed by atoms with E-state index in [9.17, 15) is 14.5 Å². The lowest BCUT2D eigenvalue weighted by molar-refractivity contribution is -0.383. The summed E-state index contributed by atoms with van der Waals surface area (Å²) < 4.78 is 12.9. The summed E-state index contributed by atoms with van der Waals surface area (Å²) >= 11 is 0. The second-order valence-electron chi connectivity index (χ2n) is 5.77. The molecule has 1 aromatic heterocycles. The monoisotopic (exact) mass is 333 g/mol. The zero-order chi connectivity index (χ0) is 17.5. The smallest absolute Gasteiger partial charge is 0.353 e. The van der Waals surface area contributed by atoms with Crippen molar-refractivity contribution in [3.8, 4) is 0 Å². The molecule has 0 spiro atoms. The average Bonchev–Trinajstić information content (AvgIpc) is 2.53. The van der Waals surface area contributed by atoms with Crippen molar-refractivity contribution in [2.75, 3.05) is 17.2 Å². The zero-order valence-corrected chi connectivity index (χ0v) is 13.6. The van der Waals surface area contributed by atoms with Gasteiger partial charge in [-0.3, -0.25) is 10.1 Å². The van der Waals surface area contributed by atoms with E-state index in [0.29, 0.717) is 19.0 Å². The van der Waals surface area contributed by atoms with Gasteiger partial charge in [0, 0.05) is 13.1 Å². The van der Waals surface area contributed by atoms with E-state index in [2.05, 4.69) is 34.4 Å². The molecule has 0 unspecified atom stereocenters. The van der Waals surface area contributed by atoms with Gasteiger partial charge in [-0.25, -0.2) is 14.4 Å². The van der Waals surface area contributed by atoms with Crippen LogP contribution in [0.1, 0.15) is 25.8 Å². The van der Waals surface area contributed by atoms with Crippen molar-refractivity contribution >= 4 is 17.3 Å². The maximum atomic E-state index is 12.9. The van der Waals surface area contributed by atoms with Crippen molar-refractivity contribution in [2.45, 2.75) is 26.8 Å². The summed E-state index contributed by atoms with van der Waals surface area (Å²) in [6, 6.07) is 5.89. The number of nitrogens with one attached hydrogen (secondary N) is 2. The fourth-order valence-electron chi connectivity index (χ4n) is 2.08. The first-order chi connectivity index (χ1) is 11.5. The molecule has 0 amide bonds. The van der Waals surface area contributed by atoms with Gasteiger partial charge in [0.05, 0.1) is 4.92 Å². The highest BCUT2D eigenvalue weighted by Gasteiger charge is 2.22. The molecule has 7 nitrogen and oxygen atoms in total. The summed E-state index contributed by atoms with van der Waals surface area (Å²) in [6.07, 6.45) is 2.15. The highest BCUT2D eigenvalue weighted by Crippen LogP contribution is 2.29. The number of rotatable bonds is 8. The number of nitro groups is 1. The third-order valence-electron chi connectivity index (χ3n) is 3.39. The van der Waals surface area contributed by atoms with Gasteiger partial charge in [-0.2, -0.15) is 0 Å². The number of anilines is 2. The van der Waals surface area contributed by atoms with Crippen LogP contribution in [0.25, 0.3) is 0 Å². The highest BCUT2D eigenvalue weighted by atomic mass is 19.1. The van der Waals surface area contributed by atoms with Crippen LogP contribution >= 0.6 is 0 Å². The predicted molar refractivity (Wildman–Crippen MR) is 90.4 cm³/mol. The van der Waals surface area contributed by atoms with Gasteiger partial charge in [-0.05, 0) is 30.0 Å². The normalized spacial score (nSPS) is 10.7. The molecular weight excluding hydrogens is 313 g/mol. The minimum absolute atomic E-state index is 0.131. The van der Waals surface area contributed by atoms with Gasteiger partial charge in [0.1, 0.15) is 12.1 Å². The van der Waals surface area contributed by atoms with E-state index in [-0.39, 0.29) is 23.1 Å². The fourth-order valence-corrected chi connectivity index (χ4v) is 2.08. The molecule has 0 bridgehead atoms. The summed E-state index contributed by atoms with van der Waals surface area (Å²) in [5, 5.41) is 17.3. The molecule has 2 N–H and O–H groups in total. The van der Waals surface area contributed by atoms with E-state index in [0.717, 1.165) is 12.0 Å². The average molecular weight is 333 g/mol. The summed E-state index contributed by atoms with van der Waals surface area (Å²) in [5.41, 5.74) is 0.599. The van der Waals surface area contributed by atoms with Crippen molar-refractivity contribution in [1.82, 2.24) is 9.97 Å². The minimum Gasteiger partial charge on any atom is -0.364 e. The molecule has 0 atom stereocenters. The first-order valence-electron chi connectivity index (χ1n) is 7.69. The fraction of sp³-hybridized carbons (Fsp3) is 0.375. The maximum Gasteiger partial charge on any atom is 0.353 e. The summed E-state index contributed by atoms with van der Waals surface area (Å²) in [6.45, 7) is 5.04. The van der Waals surface area contributed by atoms with Crippen LogP contribution < -0.4 is 10.6 Å². The Morgan fingerprint density at radius 2 is 1.79 bits per heavy atom. The molecule has 1 aromatic carbocycles. The number of hydrogen-bond acceptors (Lipinski definition) is 6. The predicted octanol–water partition coefficient (Wildman–Crippen LogP) is 3.59. The Morgan fingerprint density at radius 1 is 1.17 bits per heavy atom. The molecule has 0 aliphatic rings. The van der Waals surface area contributed by atoms with E-state index >= 15 is 0 Å². The molecule has 2 rings (SSSR count). The van der Waals surface area contributed by atoms with Crippen LogP contribution in [0.4, 0.5) is 21.7 Å². The molecule has 2 aromatic rings. The lowest BCUT2D eigenvalue weighted by Gasteiger charge is -2.11. The number of benzene rings is 1. The lowest BCUT2D eigenvalue weighted by Crippen LogP contribution is -2.11. The highest BCUT2D eigenvalue weighted by molar-refractivity contribution is 5.69. The minimum atomic E-state index is -0.509. The Bertz CT molecular complexity index is 691. The first-order valence-corrected chi connectivity index (χ1v) is 7.69. The molecule has 0 aliphatic carbocycles. The van der Waals surface area contributed by atoms with E-state index in [4.69, 9.17) is 0 Å². The van der Waals surface area contributed by atoms with E-state index < -0.39 is 4.92 Å². The van der Waals surface area contributed by atoms with Crippen LogP contribution in [-0.4, -0.2) is 21.4 Å². The Kier molecular flexibility index (Phi) is 6.00. The number of aromatic nitrogens is 2. The van der Waals surface area contributed by atoms with Crippen molar-refractivity contribution in [2.24, 2.45) is 5.92 Å². The second-order valence-corrected chi connectivity index (χ2v) is 5.77. The van der Waals surface area contributed by atoms with E-state index in [1.807, 2.05) is 0 Å². The Morgan fingerprint density at radius 3 is 2.38 bits per heavy atom. The van der Waals surface area contributed by atoms with Crippen LogP contribution in [0.3, 0.4) is 0 Å². The molecule has 0 saturated carbocycles. The second kappa shape index (κ2) is 8.19. The maximum absolute atomic E-state index is 12.9. The first kappa shape index (κ1) is 17.6. The molecule has 0 saturated heterocycles. The van der Waals surface area contributed by atoms with Crippen molar-refractivity contribution in [1.29, 1.82) is 0 Å². The van der Waals surface area contributed by atoms with Gasteiger partial charge in [0.25, 0.3) is 0 Å². The molecule has 0 radical (unpaired) electrons. The third-order valence-corrected chi connectivity index (χ3v) is 3.39. The number of hydrogen-bond donors (Lipinski definition) is 2.